The molecule has 2 aromatic heterocycles. The van der Waals surface area contributed by atoms with Crippen molar-refractivity contribution in [2.75, 3.05) is 19.6 Å². The lowest BCUT2D eigenvalue weighted by Crippen LogP contribution is -2.36. The zero-order chi connectivity index (χ0) is 21.9. The van der Waals surface area contributed by atoms with Crippen LogP contribution in [0.3, 0.4) is 0 Å². The molecule has 5 rings (SSSR count). The van der Waals surface area contributed by atoms with Crippen molar-refractivity contribution in [3.63, 3.8) is 0 Å². The number of nitrogens with one attached hydrogen (secondary N) is 1. The molecule has 7 heteroatoms. The van der Waals surface area contributed by atoms with Crippen LogP contribution < -0.4 is 5.56 Å². The van der Waals surface area contributed by atoms with Crippen LogP contribution in [0.2, 0.25) is 0 Å². The van der Waals surface area contributed by atoms with E-state index in [9.17, 15) is 9.59 Å². The van der Waals surface area contributed by atoms with Gasteiger partial charge in [0.15, 0.2) is 0 Å². The van der Waals surface area contributed by atoms with Crippen LogP contribution in [-0.2, 0) is 24.3 Å². The lowest BCUT2D eigenvalue weighted by molar-refractivity contribution is -0.131. The monoisotopic (exact) mass is 435 g/mol. The Morgan fingerprint density at radius 1 is 1.16 bits per heavy atom. The molecule has 1 amide bonds. The van der Waals surface area contributed by atoms with Crippen LogP contribution in [0.5, 0.6) is 0 Å². The van der Waals surface area contributed by atoms with Gasteiger partial charge in [0.1, 0.15) is 5.82 Å². The van der Waals surface area contributed by atoms with Gasteiger partial charge in [-0.25, -0.2) is 4.98 Å². The Bertz CT molecular complexity index is 999. The Kier molecular flexibility index (Phi) is 6.35. The normalized spacial score (nSPS) is 22.1. The van der Waals surface area contributed by atoms with E-state index in [0.717, 1.165) is 49.6 Å². The van der Waals surface area contributed by atoms with Crippen LogP contribution >= 0.6 is 0 Å². The lowest BCUT2D eigenvalue weighted by Gasteiger charge is -2.28. The van der Waals surface area contributed by atoms with E-state index < -0.39 is 0 Å². The van der Waals surface area contributed by atoms with Crippen molar-refractivity contribution in [1.82, 2.24) is 24.8 Å². The number of rotatable bonds is 5. The first-order chi connectivity index (χ1) is 15.7. The maximum atomic E-state index is 12.8. The number of fused-ring (bicyclic) bond motifs is 1. The molecule has 0 radical (unpaired) electrons. The minimum Gasteiger partial charge on any atom is -0.342 e. The summed E-state index contributed by atoms with van der Waals surface area (Å²) in [5.41, 5.74) is 2.88. The van der Waals surface area contributed by atoms with Crippen molar-refractivity contribution in [3.05, 3.63) is 57.5 Å². The zero-order valence-corrected chi connectivity index (χ0v) is 18.8. The SMILES string of the molecule is O=C(CC1CCCCC1)N1CC[C@H](c2nc3c(c(=O)[nH]2)CCN(Cc2cccnc2)C3)C1. The van der Waals surface area contributed by atoms with Crippen molar-refractivity contribution < 1.29 is 4.79 Å². The minimum absolute atomic E-state index is 0.00184. The molecular formula is C25H33N5O2. The molecule has 4 heterocycles. The molecule has 1 saturated heterocycles. The number of hydrogen-bond acceptors (Lipinski definition) is 5. The Labute approximate surface area is 189 Å². The average Bonchev–Trinajstić information content (AvgIpc) is 3.31. The molecule has 170 valence electrons. The Hall–Kier alpha value is -2.54. The highest BCUT2D eigenvalue weighted by Crippen LogP contribution is 2.30. The molecular weight excluding hydrogens is 402 g/mol. The highest BCUT2D eigenvalue weighted by Gasteiger charge is 2.31. The van der Waals surface area contributed by atoms with E-state index in [2.05, 4.69) is 20.9 Å². The van der Waals surface area contributed by atoms with E-state index in [0.29, 0.717) is 25.4 Å². The van der Waals surface area contributed by atoms with E-state index in [1.165, 1.54) is 37.7 Å². The smallest absolute Gasteiger partial charge is 0.254 e. The molecule has 0 aromatic carbocycles. The predicted octanol–water partition coefficient (Wildman–Crippen LogP) is 3.01. The van der Waals surface area contributed by atoms with Crippen LogP contribution in [0.25, 0.3) is 0 Å². The molecule has 2 fully saturated rings. The van der Waals surface area contributed by atoms with E-state index in [4.69, 9.17) is 4.98 Å². The molecule has 0 unspecified atom stereocenters. The molecule has 7 nitrogen and oxygen atoms in total. The second-order valence-electron chi connectivity index (χ2n) is 9.73. The first-order valence-electron chi connectivity index (χ1n) is 12.2. The van der Waals surface area contributed by atoms with Crippen LogP contribution in [0, 0.1) is 5.92 Å². The first kappa shape index (κ1) is 21.3. The van der Waals surface area contributed by atoms with Gasteiger partial charge in [0.05, 0.1) is 5.69 Å². The fraction of sp³-hybridized carbons (Fsp3) is 0.600. The number of aromatic nitrogens is 3. The van der Waals surface area contributed by atoms with E-state index >= 15 is 0 Å². The van der Waals surface area contributed by atoms with Crippen LogP contribution in [0.15, 0.2) is 29.3 Å². The largest absolute Gasteiger partial charge is 0.342 e. The summed E-state index contributed by atoms with van der Waals surface area (Å²) in [6.45, 7) is 3.78. The zero-order valence-electron chi connectivity index (χ0n) is 18.8. The topological polar surface area (TPSA) is 82.2 Å². The van der Waals surface area contributed by atoms with E-state index in [-0.39, 0.29) is 17.4 Å². The summed E-state index contributed by atoms with van der Waals surface area (Å²) in [6, 6.07) is 4.03. The lowest BCUT2D eigenvalue weighted by atomic mass is 9.87. The Morgan fingerprint density at radius 2 is 2.03 bits per heavy atom. The number of H-pyrrole nitrogens is 1. The number of pyridine rings is 1. The number of aromatic amines is 1. The molecule has 2 aliphatic heterocycles. The van der Waals surface area contributed by atoms with Crippen molar-refractivity contribution in [1.29, 1.82) is 0 Å². The summed E-state index contributed by atoms with van der Waals surface area (Å²) in [7, 11) is 0. The van der Waals surface area contributed by atoms with Crippen LogP contribution in [-0.4, -0.2) is 50.3 Å². The molecule has 2 aromatic rings. The van der Waals surface area contributed by atoms with E-state index in [1.54, 1.807) is 6.20 Å². The van der Waals surface area contributed by atoms with Gasteiger partial charge < -0.3 is 9.88 Å². The van der Waals surface area contributed by atoms with Gasteiger partial charge in [0, 0.05) is 63.0 Å². The number of carbonyl (C=O) groups excluding carboxylic acids is 1. The number of nitrogens with zero attached hydrogens (tertiary/aromatic N) is 4. The first-order valence-corrected chi connectivity index (χ1v) is 12.2. The standard InChI is InChI=1S/C25H33N5O2/c31-23(13-18-5-2-1-3-6-18)30-12-8-20(16-30)24-27-22-17-29(11-9-21(22)25(32)28-24)15-19-7-4-10-26-14-19/h4,7,10,14,18,20H,1-3,5-6,8-9,11-13,15-17H2,(H,27,28,32)/t20-/m0/s1. The second-order valence-corrected chi connectivity index (χ2v) is 9.73. The molecule has 32 heavy (non-hydrogen) atoms. The molecule has 0 spiro atoms. The van der Waals surface area contributed by atoms with Gasteiger partial charge in [0.2, 0.25) is 5.91 Å². The van der Waals surface area contributed by atoms with Gasteiger partial charge in [0.25, 0.3) is 5.56 Å². The van der Waals surface area contributed by atoms with Crippen LogP contribution in [0.1, 0.15) is 73.5 Å². The molecule has 1 saturated carbocycles. The van der Waals surface area contributed by atoms with Gasteiger partial charge in [-0.1, -0.05) is 25.3 Å². The summed E-state index contributed by atoms with van der Waals surface area (Å²) in [6.07, 6.45) is 12.2. The summed E-state index contributed by atoms with van der Waals surface area (Å²) in [5.74, 6) is 1.71. The van der Waals surface area contributed by atoms with Gasteiger partial charge in [-0.2, -0.15) is 0 Å². The van der Waals surface area contributed by atoms with Gasteiger partial charge in [-0.05, 0) is 43.2 Å². The maximum absolute atomic E-state index is 12.8. The third-order valence-electron chi connectivity index (χ3n) is 7.42. The summed E-state index contributed by atoms with van der Waals surface area (Å²) < 4.78 is 0. The van der Waals surface area contributed by atoms with Gasteiger partial charge >= 0.3 is 0 Å². The third-order valence-corrected chi connectivity index (χ3v) is 7.42. The van der Waals surface area contributed by atoms with Gasteiger partial charge in [-0.15, -0.1) is 0 Å². The fourth-order valence-electron chi connectivity index (χ4n) is 5.57. The maximum Gasteiger partial charge on any atom is 0.254 e. The fourth-order valence-corrected chi connectivity index (χ4v) is 5.57. The quantitative estimate of drug-likeness (QED) is 0.781. The number of hydrogen-bond donors (Lipinski definition) is 1. The van der Waals surface area contributed by atoms with Gasteiger partial charge in [-0.3, -0.25) is 19.5 Å². The van der Waals surface area contributed by atoms with Crippen molar-refractivity contribution in [3.8, 4) is 0 Å². The van der Waals surface area contributed by atoms with Crippen LogP contribution in [0.4, 0.5) is 0 Å². The molecule has 3 aliphatic rings. The Balaban J connectivity index is 1.24. The van der Waals surface area contributed by atoms with Crippen molar-refractivity contribution in [2.45, 2.75) is 70.4 Å². The second kappa shape index (κ2) is 9.53. The third kappa shape index (κ3) is 4.77. The van der Waals surface area contributed by atoms with Crippen molar-refractivity contribution >= 4 is 5.91 Å². The number of amides is 1. The van der Waals surface area contributed by atoms with E-state index in [1.807, 2.05) is 17.2 Å². The highest BCUT2D eigenvalue weighted by molar-refractivity contribution is 5.76. The highest BCUT2D eigenvalue weighted by atomic mass is 16.2. The Morgan fingerprint density at radius 3 is 2.84 bits per heavy atom. The molecule has 1 atom stereocenters. The minimum atomic E-state index is -0.00184. The summed E-state index contributed by atoms with van der Waals surface area (Å²) in [4.78, 5) is 42.1. The molecule has 0 bridgehead atoms. The number of likely N-dealkylation sites (tertiary alicyclic amines) is 1. The number of carbonyl (C=O) groups is 1. The average molecular weight is 436 g/mol. The molecule has 1 aliphatic carbocycles. The summed E-state index contributed by atoms with van der Waals surface area (Å²) in [5, 5.41) is 0. The molecule has 1 N–H and O–H groups in total. The van der Waals surface area contributed by atoms with Crippen molar-refractivity contribution in [2.24, 2.45) is 5.92 Å². The summed E-state index contributed by atoms with van der Waals surface area (Å²) >= 11 is 0. The predicted molar refractivity (Wildman–Crippen MR) is 122 cm³/mol.